The second-order valence-electron chi connectivity index (χ2n) is 9.50. The Morgan fingerprint density at radius 3 is 2.39 bits per heavy atom. The minimum absolute atomic E-state index is 0.0149. The van der Waals surface area contributed by atoms with E-state index in [0.717, 1.165) is 37.7 Å². The monoisotopic (exact) mass is 542 g/mol. The molecule has 1 amide bonds. The Balaban J connectivity index is 1.86. The summed E-state index contributed by atoms with van der Waals surface area (Å²) in [7, 11) is -2.76. The third-order valence-corrected chi connectivity index (χ3v) is 11.8. The second kappa shape index (κ2) is 14.4. The molecule has 1 aromatic carbocycles. The molecule has 0 saturated heterocycles. The van der Waals surface area contributed by atoms with E-state index in [1.54, 1.807) is 0 Å². The van der Waals surface area contributed by atoms with Gasteiger partial charge in [0.25, 0.3) is 0 Å². The van der Waals surface area contributed by atoms with Crippen LogP contribution in [0.4, 0.5) is 0 Å². The summed E-state index contributed by atoms with van der Waals surface area (Å²) in [4.78, 5) is 35.4. The molecular formula is C24H40AsN2O5P. The predicted molar refractivity (Wildman–Crippen MR) is 134 cm³/mol. The van der Waals surface area contributed by atoms with E-state index in [2.05, 4.69) is 5.32 Å². The van der Waals surface area contributed by atoms with E-state index in [-0.39, 0.29) is 35.3 Å². The predicted octanol–water partition coefficient (Wildman–Crippen LogP) is 2.25. The fourth-order valence-electron chi connectivity index (χ4n) is 4.49. The van der Waals surface area contributed by atoms with Gasteiger partial charge in [-0.1, -0.05) is 0 Å². The van der Waals surface area contributed by atoms with Gasteiger partial charge in [0.15, 0.2) is 0 Å². The zero-order chi connectivity index (χ0) is 24.4. The van der Waals surface area contributed by atoms with Crippen LogP contribution in [-0.4, -0.2) is 60.6 Å². The van der Waals surface area contributed by atoms with E-state index < -0.39 is 46.3 Å². The number of hydrogen-bond acceptors (Lipinski definition) is 5. The van der Waals surface area contributed by atoms with Crippen molar-refractivity contribution < 1.29 is 24.2 Å². The Kier molecular flexibility index (Phi) is 12.4. The number of aliphatic hydroxyl groups is 1. The van der Waals surface area contributed by atoms with Crippen LogP contribution in [0.25, 0.3) is 0 Å². The Morgan fingerprint density at radius 2 is 1.82 bits per heavy atom. The van der Waals surface area contributed by atoms with Gasteiger partial charge in [-0.2, -0.15) is 0 Å². The number of amides is 1. The third kappa shape index (κ3) is 9.66. The molecule has 2 rings (SSSR count). The van der Waals surface area contributed by atoms with Crippen molar-refractivity contribution in [1.29, 1.82) is 0 Å². The molecule has 0 aliphatic heterocycles. The van der Waals surface area contributed by atoms with Crippen molar-refractivity contribution in [2.45, 2.75) is 81.3 Å². The van der Waals surface area contributed by atoms with Crippen molar-refractivity contribution in [1.82, 2.24) is 5.32 Å². The second-order valence-corrected chi connectivity index (χ2v) is 13.9. The summed E-state index contributed by atoms with van der Waals surface area (Å²) in [5.41, 5.74) is 6.72. The Labute approximate surface area is 204 Å². The van der Waals surface area contributed by atoms with Crippen LogP contribution < -0.4 is 11.1 Å². The summed E-state index contributed by atoms with van der Waals surface area (Å²) in [6.45, 7) is 3.85. The van der Waals surface area contributed by atoms with Crippen LogP contribution in [0, 0.1) is 11.8 Å². The van der Waals surface area contributed by atoms with Crippen LogP contribution in [0.1, 0.15) is 57.9 Å². The van der Waals surface area contributed by atoms with Crippen molar-refractivity contribution in [2.24, 2.45) is 17.6 Å². The molecule has 3 unspecified atom stereocenters. The van der Waals surface area contributed by atoms with E-state index in [9.17, 15) is 24.2 Å². The van der Waals surface area contributed by atoms with Gasteiger partial charge in [-0.15, -0.1) is 0 Å². The first-order valence-electron chi connectivity index (χ1n) is 12.0. The molecule has 9 heteroatoms. The van der Waals surface area contributed by atoms with Crippen molar-refractivity contribution in [3.63, 3.8) is 0 Å². The van der Waals surface area contributed by atoms with Crippen LogP contribution in [0.3, 0.4) is 0 Å². The molecule has 1 aliphatic rings. The molecule has 0 radical (unpaired) electrons. The Morgan fingerprint density at radius 1 is 1.18 bits per heavy atom. The standard InChI is InChI=1S/C24H40AsN2O5P/c1-16(2)22(25-23(29)20(26)13-17-9-5-3-6-10-17)24(30)27-15-19(28)14-21(33(31)32)18-11-7-4-8-12-18/h3,5-6,9-10,16,18-22,25,28,33H,4,7-8,11-15,26H2,1-2H3,(H,27,30)(H,31,32)/t19-,20+,21?,22-/m1/s1. The molecular weight excluding hydrogens is 502 g/mol. The van der Waals surface area contributed by atoms with Crippen molar-refractivity contribution >= 4 is 34.3 Å². The topological polar surface area (TPSA) is 130 Å². The summed E-state index contributed by atoms with van der Waals surface area (Å²) in [5, 5.41) is 13.3. The first-order valence-corrected chi connectivity index (χ1v) is 15.7. The van der Waals surface area contributed by atoms with E-state index >= 15 is 0 Å². The fourth-order valence-corrected chi connectivity index (χ4v) is 8.20. The van der Waals surface area contributed by atoms with E-state index in [1.807, 2.05) is 44.2 Å². The zero-order valence-electron chi connectivity index (χ0n) is 19.7. The molecule has 33 heavy (non-hydrogen) atoms. The van der Waals surface area contributed by atoms with Crippen molar-refractivity contribution in [2.75, 3.05) is 6.54 Å². The number of nitrogens with one attached hydrogen (secondary N) is 1. The summed E-state index contributed by atoms with van der Waals surface area (Å²) in [5.74, 6) is -0.0895. The first-order chi connectivity index (χ1) is 15.7. The van der Waals surface area contributed by atoms with Gasteiger partial charge >= 0.3 is 205 Å². The number of benzene rings is 1. The Hall–Kier alpha value is -0.972. The molecule has 0 bridgehead atoms. The number of carbonyl (C=O) groups is 2. The van der Waals surface area contributed by atoms with Gasteiger partial charge in [-0.05, 0) is 0 Å². The van der Waals surface area contributed by atoms with Gasteiger partial charge in [0.1, 0.15) is 0 Å². The molecule has 1 aromatic rings. The maximum atomic E-state index is 12.8. The number of hydrogen-bond donors (Lipinski definition) is 4. The van der Waals surface area contributed by atoms with E-state index in [0.29, 0.717) is 6.42 Å². The molecule has 5 N–H and O–H groups in total. The molecule has 6 atom stereocenters. The SMILES string of the molecule is CC(C)[C@@H]([AsH]C(=O)[C@@H](N)Cc1ccccc1)C(=O)NC[C@H](O)CC(C1CCCCC1)[PH](=O)O. The van der Waals surface area contributed by atoms with Gasteiger partial charge in [-0.25, -0.2) is 0 Å². The Bertz CT molecular complexity index is 773. The number of nitrogens with two attached hydrogens (primary N) is 1. The summed E-state index contributed by atoms with van der Waals surface area (Å²) >= 11 is -1.30. The fraction of sp³-hybridized carbons (Fsp3) is 0.667. The van der Waals surface area contributed by atoms with Crippen molar-refractivity contribution in [3.05, 3.63) is 35.9 Å². The van der Waals surface area contributed by atoms with Gasteiger partial charge < -0.3 is 0 Å². The minimum atomic E-state index is -2.76. The number of rotatable bonds is 13. The first kappa shape index (κ1) is 28.3. The average Bonchev–Trinajstić information content (AvgIpc) is 2.80. The van der Waals surface area contributed by atoms with Gasteiger partial charge in [0.2, 0.25) is 0 Å². The molecule has 0 heterocycles. The van der Waals surface area contributed by atoms with Crippen LogP contribution in [-0.2, 0) is 20.6 Å². The van der Waals surface area contributed by atoms with Crippen LogP contribution >= 0.6 is 8.03 Å². The molecule has 1 fully saturated rings. The van der Waals surface area contributed by atoms with Gasteiger partial charge in [0.05, 0.1) is 0 Å². The van der Waals surface area contributed by atoms with Crippen LogP contribution in [0.15, 0.2) is 30.3 Å². The maximum absolute atomic E-state index is 12.8. The summed E-state index contributed by atoms with van der Waals surface area (Å²) in [6.07, 6.45) is 4.90. The molecule has 7 nitrogen and oxygen atoms in total. The van der Waals surface area contributed by atoms with Gasteiger partial charge in [-0.3, -0.25) is 0 Å². The van der Waals surface area contributed by atoms with Crippen LogP contribution in [0.5, 0.6) is 0 Å². The van der Waals surface area contributed by atoms with Crippen molar-refractivity contribution in [3.8, 4) is 0 Å². The zero-order valence-corrected chi connectivity index (χ0v) is 22.8. The van der Waals surface area contributed by atoms with E-state index in [4.69, 9.17) is 5.73 Å². The summed E-state index contributed by atoms with van der Waals surface area (Å²) in [6, 6.07) is 8.97. The third-order valence-electron chi connectivity index (χ3n) is 6.46. The van der Waals surface area contributed by atoms with Crippen LogP contribution in [0.2, 0.25) is 4.71 Å². The van der Waals surface area contributed by atoms with Gasteiger partial charge in [0, 0.05) is 0 Å². The molecule has 0 spiro atoms. The molecule has 186 valence electrons. The number of carbonyl (C=O) groups excluding carboxylic acids is 2. The molecule has 1 saturated carbocycles. The normalized spacial score (nSPS) is 19.8. The quantitative estimate of drug-likeness (QED) is 0.224. The summed E-state index contributed by atoms with van der Waals surface area (Å²) < 4.78 is 11.5. The van der Waals surface area contributed by atoms with E-state index in [1.165, 1.54) is 0 Å². The number of aliphatic hydroxyl groups excluding tert-OH is 1. The molecule has 0 aromatic heterocycles. The average molecular weight is 542 g/mol. The molecule has 1 aliphatic carbocycles.